The molecule has 0 aromatic rings. The summed E-state index contributed by atoms with van der Waals surface area (Å²) >= 11 is 6.82. The van der Waals surface area contributed by atoms with Crippen molar-refractivity contribution in [2.24, 2.45) is 5.92 Å². The third kappa shape index (κ3) is 4.11. The van der Waals surface area contributed by atoms with Gasteiger partial charge < -0.3 is 0 Å². The average molecular weight is 175 g/mol. The van der Waals surface area contributed by atoms with Crippen molar-refractivity contribution in [3.8, 4) is 0 Å². The van der Waals surface area contributed by atoms with Crippen LogP contribution in [0.5, 0.6) is 0 Å². The van der Waals surface area contributed by atoms with Gasteiger partial charge in [-0.25, -0.2) is 0 Å². The Morgan fingerprint density at radius 2 is 2.33 bits per heavy atom. The molecule has 0 nitrogen and oxygen atoms in total. The van der Waals surface area contributed by atoms with Gasteiger partial charge in [0.05, 0.1) is 4.20 Å². The molecule has 0 rings (SSSR count). The molecule has 0 aliphatic carbocycles. The second-order valence-electron chi connectivity index (χ2n) is 1.92. The molecule has 51 valence electrons. The van der Waals surface area contributed by atoms with E-state index in [-0.39, 0.29) is 0 Å². The molecule has 0 fully saturated rings. The maximum Gasteiger partial charge on any atom is 0.0503 e. The molecule has 0 aliphatic heterocycles. The van der Waals surface area contributed by atoms with E-state index < -0.39 is 0 Å². The highest BCUT2D eigenvalue weighted by Crippen LogP contribution is 2.14. The second-order valence-corrected chi connectivity index (χ2v) is 4.50. The summed E-state index contributed by atoms with van der Waals surface area (Å²) in [7, 11) is 3.37. The average Bonchev–Trinajstić information content (AvgIpc) is 1.87. The molecule has 0 saturated heterocycles. The molecule has 0 N–H and O–H groups in total. The minimum Gasteiger partial charge on any atom is -0.123 e. The van der Waals surface area contributed by atoms with Crippen LogP contribution in [0.25, 0.3) is 0 Å². The number of rotatable bonds is 3. The number of hydrogen-bond donors (Lipinski definition) is 0. The molecule has 0 aliphatic rings. The summed E-state index contributed by atoms with van der Waals surface area (Å²) in [6.45, 7) is 4.32. The van der Waals surface area contributed by atoms with Gasteiger partial charge in [-0.05, 0) is 17.7 Å². The Balaban J connectivity index is 3.46. The van der Waals surface area contributed by atoms with Crippen LogP contribution in [0.1, 0.15) is 20.3 Å². The summed E-state index contributed by atoms with van der Waals surface area (Å²) in [5.41, 5.74) is 0. The van der Waals surface area contributed by atoms with Gasteiger partial charge in [0.25, 0.3) is 0 Å². The standard InChI is InChI=1S/C6H11S2Si/c1-3-5(2)6(7)8-4-9/h5H,3-4H2,1-2H3. The zero-order chi connectivity index (χ0) is 7.28. The van der Waals surface area contributed by atoms with Gasteiger partial charge in [0.1, 0.15) is 0 Å². The van der Waals surface area contributed by atoms with Gasteiger partial charge in [-0.3, -0.25) is 0 Å². The summed E-state index contributed by atoms with van der Waals surface area (Å²) in [6, 6.07) is 0. The van der Waals surface area contributed by atoms with E-state index in [9.17, 15) is 0 Å². The predicted molar refractivity (Wildman–Crippen MR) is 50.3 cm³/mol. The van der Waals surface area contributed by atoms with E-state index in [4.69, 9.17) is 12.2 Å². The van der Waals surface area contributed by atoms with Crippen molar-refractivity contribution in [1.82, 2.24) is 0 Å². The molecule has 0 spiro atoms. The number of thiocarbonyl (C=S) groups is 1. The van der Waals surface area contributed by atoms with Crippen LogP contribution in [0, 0.1) is 5.92 Å². The lowest BCUT2D eigenvalue weighted by atomic mass is 10.2. The van der Waals surface area contributed by atoms with Crippen molar-refractivity contribution >= 4 is 38.4 Å². The highest BCUT2D eigenvalue weighted by atomic mass is 32.2. The van der Waals surface area contributed by atoms with E-state index in [2.05, 4.69) is 24.1 Å². The van der Waals surface area contributed by atoms with Gasteiger partial charge in [0.2, 0.25) is 0 Å². The summed E-state index contributed by atoms with van der Waals surface area (Å²) in [5, 5.41) is 0.920. The first-order valence-corrected chi connectivity index (χ1v) is 5.13. The van der Waals surface area contributed by atoms with Crippen molar-refractivity contribution in [3.05, 3.63) is 0 Å². The Hall–Kier alpha value is 0.657. The van der Waals surface area contributed by atoms with Crippen LogP contribution in [0.4, 0.5) is 0 Å². The fourth-order valence-electron chi connectivity index (χ4n) is 0.380. The summed E-state index contributed by atoms with van der Waals surface area (Å²) in [6.07, 6.45) is 1.15. The van der Waals surface area contributed by atoms with E-state index in [1.165, 1.54) is 0 Å². The first-order chi connectivity index (χ1) is 4.22. The molecule has 0 bridgehead atoms. The van der Waals surface area contributed by atoms with Crippen molar-refractivity contribution in [2.75, 3.05) is 5.38 Å². The third-order valence-corrected chi connectivity index (χ3v) is 3.25. The third-order valence-electron chi connectivity index (χ3n) is 1.23. The largest absolute Gasteiger partial charge is 0.123 e. The minimum absolute atomic E-state index is 0.585. The molecule has 9 heavy (non-hydrogen) atoms. The number of hydrogen-bond acceptors (Lipinski definition) is 2. The molecule has 0 heterocycles. The van der Waals surface area contributed by atoms with Gasteiger partial charge in [-0.2, -0.15) is 0 Å². The van der Waals surface area contributed by atoms with E-state index in [1.807, 2.05) is 0 Å². The van der Waals surface area contributed by atoms with Crippen molar-refractivity contribution < 1.29 is 0 Å². The Bertz CT molecular complexity index is 93.1. The Morgan fingerprint density at radius 3 is 2.67 bits per heavy atom. The van der Waals surface area contributed by atoms with Crippen LogP contribution >= 0.6 is 24.0 Å². The highest BCUT2D eigenvalue weighted by molar-refractivity contribution is 8.23. The minimum atomic E-state index is 0.585. The normalized spacial score (nSPS) is 13.2. The van der Waals surface area contributed by atoms with Gasteiger partial charge in [-0.15, -0.1) is 11.8 Å². The first kappa shape index (κ1) is 9.66. The predicted octanol–water partition coefficient (Wildman–Crippen LogP) is 2.22. The SMILES string of the molecule is CCC(C)C(=S)SC[Si]. The van der Waals surface area contributed by atoms with Gasteiger partial charge >= 0.3 is 0 Å². The molecule has 0 aromatic heterocycles. The smallest absolute Gasteiger partial charge is 0.0503 e. The van der Waals surface area contributed by atoms with E-state index >= 15 is 0 Å². The highest BCUT2D eigenvalue weighted by Gasteiger charge is 2.03. The lowest BCUT2D eigenvalue weighted by Gasteiger charge is -2.07. The van der Waals surface area contributed by atoms with E-state index in [1.54, 1.807) is 11.8 Å². The molecular formula is C6H11S2Si. The quantitative estimate of drug-likeness (QED) is 0.476. The number of thioether (sulfide) groups is 1. The molecule has 3 heteroatoms. The lowest BCUT2D eigenvalue weighted by molar-refractivity contribution is 0.759. The van der Waals surface area contributed by atoms with Gasteiger partial charge in [0, 0.05) is 10.2 Å². The summed E-state index contributed by atoms with van der Waals surface area (Å²) < 4.78 is 1.12. The van der Waals surface area contributed by atoms with Crippen LogP contribution in [0.15, 0.2) is 0 Å². The molecule has 0 amide bonds. The fourth-order valence-corrected chi connectivity index (χ4v) is 2.10. The van der Waals surface area contributed by atoms with E-state index in [0.717, 1.165) is 16.0 Å². The maximum atomic E-state index is 5.11. The second kappa shape index (κ2) is 5.44. The van der Waals surface area contributed by atoms with Gasteiger partial charge in [-0.1, -0.05) is 26.1 Å². The summed E-state index contributed by atoms with van der Waals surface area (Å²) in [4.78, 5) is 0. The van der Waals surface area contributed by atoms with Crippen LogP contribution in [0.2, 0.25) is 0 Å². The van der Waals surface area contributed by atoms with E-state index in [0.29, 0.717) is 5.92 Å². The monoisotopic (exact) mass is 175 g/mol. The van der Waals surface area contributed by atoms with Crippen molar-refractivity contribution in [2.45, 2.75) is 20.3 Å². The lowest BCUT2D eigenvalue weighted by Crippen LogP contribution is -2.02. The Morgan fingerprint density at radius 1 is 1.78 bits per heavy atom. The fraction of sp³-hybridized carbons (Fsp3) is 0.833. The molecule has 0 aromatic carbocycles. The van der Waals surface area contributed by atoms with Crippen molar-refractivity contribution in [3.63, 3.8) is 0 Å². The molecular weight excluding hydrogens is 164 g/mol. The van der Waals surface area contributed by atoms with Gasteiger partial charge in [0.15, 0.2) is 0 Å². The molecule has 1 unspecified atom stereocenters. The van der Waals surface area contributed by atoms with Crippen molar-refractivity contribution in [1.29, 1.82) is 0 Å². The van der Waals surface area contributed by atoms with Crippen LogP contribution in [-0.2, 0) is 0 Å². The first-order valence-electron chi connectivity index (χ1n) is 3.03. The van der Waals surface area contributed by atoms with Crippen LogP contribution < -0.4 is 0 Å². The van der Waals surface area contributed by atoms with Crippen LogP contribution in [0.3, 0.4) is 0 Å². The Kier molecular flexibility index (Phi) is 5.84. The van der Waals surface area contributed by atoms with Crippen LogP contribution in [-0.4, -0.2) is 19.8 Å². The maximum absolute atomic E-state index is 5.11. The summed E-state index contributed by atoms with van der Waals surface area (Å²) in [5.74, 6) is 0.585. The molecule has 0 saturated carbocycles. The molecule has 1 atom stereocenters. The Labute approximate surface area is 70.2 Å². The topological polar surface area (TPSA) is 0 Å². The zero-order valence-electron chi connectivity index (χ0n) is 5.81. The zero-order valence-corrected chi connectivity index (χ0v) is 8.44. The molecule has 3 radical (unpaired) electrons.